The number of carbonyl (C=O) groups excluding carboxylic acids is 1. The third-order valence-electron chi connectivity index (χ3n) is 3.21. The summed E-state index contributed by atoms with van der Waals surface area (Å²) in [5, 5.41) is 0. The molecule has 1 atom stereocenters. The van der Waals surface area contributed by atoms with Crippen molar-refractivity contribution in [1.29, 1.82) is 0 Å². The molecule has 7 heteroatoms. The Balaban J connectivity index is 3.06. The fraction of sp³-hybridized carbons (Fsp3) is 0.500. The molecule has 21 heavy (non-hydrogen) atoms. The maximum atomic E-state index is 12.3. The lowest BCUT2D eigenvalue weighted by Crippen LogP contribution is -2.13. The molecule has 0 aliphatic heterocycles. The topological polar surface area (TPSA) is 71.1 Å². The van der Waals surface area contributed by atoms with Gasteiger partial charge in [-0.1, -0.05) is 12.1 Å². The molecule has 1 aromatic rings. The zero-order valence-electron chi connectivity index (χ0n) is 12.7. The van der Waals surface area contributed by atoms with Crippen LogP contribution in [0.5, 0.6) is 5.75 Å². The predicted octanol–water partition coefficient (Wildman–Crippen LogP) is 2.83. The molecule has 0 aliphatic rings. The maximum absolute atomic E-state index is 12.3. The monoisotopic (exact) mass is 316 g/mol. The van der Waals surface area contributed by atoms with Gasteiger partial charge in [0.2, 0.25) is 0 Å². The van der Waals surface area contributed by atoms with Crippen molar-refractivity contribution in [3.05, 3.63) is 29.8 Å². The molecule has 0 fully saturated rings. The first-order valence-electron chi connectivity index (χ1n) is 6.39. The Kier molecular flexibility index (Phi) is 6.89. The molecule has 0 radical (unpaired) electrons. The molecule has 0 aromatic heterocycles. The van der Waals surface area contributed by atoms with Gasteiger partial charge < -0.3 is 18.5 Å². The summed E-state index contributed by atoms with van der Waals surface area (Å²) in [5.41, 5.74) is 0.814. The second-order valence-corrected chi connectivity index (χ2v) is 6.73. The van der Waals surface area contributed by atoms with Gasteiger partial charge in [0.05, 0.1) is 26.8 Å². The van der Waals surface area contributed by atoms with Crippen LogP contribution in [0.15, 0.2) is 24.3 Å². The molecule has 118 valence electrons. The van der Waals surface area contributed by atoms with Crippen molar-refractivity contribution < 1.29 is 27.9 Å². The van der Waals surface area contributed by atoms with Gasteiger partial charge in [-0.05, 0) is 17.7 Å². The molecule has 0 heterocycles. The van der Waals surface area contributed by atoms with Gasteiger partial charge in [-0.2, -0.15) is 0 Å². The van der Waals surface area contributed by atoms with E-state index >= 15 is 0 Å². The SMILES string of the molecule is COC(=O)CC(CP(=O)(OC)OC)c1cccc(OC)c1. The lowest BCUT2D eigenvalue weighted by molar-refractivity contribution is -0.140. The highest BCUT2D eigenvalue weighted by Gasteiger charge is 2.29. The molecule has 1 rings (SSSR count). The van der Waals surface area contributed by atoms with E-state index in [1.165, 1.54) is 21.3 Å². The lowest BCUT2D eigenvalue weighted by atomic mass is 9.97. The van der Waals surface area contributed by atoms with Crippen molar-refractivity contribution in [3.63, 3.8) is 0 Å². The van der Waals surface area contributed by atoms with Crippen LogP contribution >= 0.6 is 7.60 Å². The van der Waals surface area contributed by atoms with Gasteiger partial charge in [-0.25, -0.2) is 0 Å². The Morgan fingerprint density at radius 2 is 1.86 bits per heavy atom. The van der Waals surface area contributed by atoms with E-state index in [9.17, 15) is 9.36 Å². The van der Waals surface area contributed by atoms with E-state index in [1.807, 2.05) is 12.1 Å². The Labute approximate surface area is 124 Å². The first-order valence-corrected chi connectivity index (χ1v) is 8.12. The first-order chi connectivity index (χ1) is 9.97. The smallest absolute Gasteiger partial charge is 0.330 e. The summed E-state index contributed by atoms with van der Waals surface area (Å²) in [4.78, 5) is 11.6. The fourth-order valence-corrected chi connectivity index (χ4v) is 3.29. The van der Waals surface area contributed by atoms with Crippen LogP contribution in [0.25, 0.3) is 0 Å². The second-order valence-electron chi connectivity index (χ2n) is 4.41. The molecule has 0 spiro atoms. The van der Waals surface area contributed by atoms with Crippen LogP contribution in [-0.4, -0.2) is 40.6 Å². The summed E-state index contributed by atoms with van der Waals surface area (Å²) in [6.45, 7) is 0. The minimum absolute atomic E-state index is 0.0837. The zero-order chi connectivity index (χ0) is 15.9. The minimum atomic E-state index is -3.24. The van der Waals surface area contributed by atoms with E-state index in [0.29, 0.717) is 5.75 Å². The van der Waals surface area contributed by atoms with Crippen molar-refractivity contribution >= 4 is 13.6 Å². The summed E-state index contributed by atoms with van der Waals surface area (Å²) in [7, 11) is 2.28. The highest BCUT2D eigenvalue weighted by atomic mass is 31.2. The molecule has 0 bridgehead atoms. The molecule has 1 unspecified atom stereocenters. The quantitative estimate of drug-likeness (QED) is 0.542. The largest absolute Gasteiger partial charge is 0.497 e. The number of hydrogen-bond acceptors (Lipinski definition) is 6. The van der Waals surface area contributed by atoms with Gasteiger partial charge >= 0.3 is 13.6 Å². The summed E-state index contributed by atoms with van der Waals surface area (Å²) in [6.07, 6.45) is 0.169. The highest BCUT2D eigenvalue weighted by molar-refractivity contribution is 7.53. The van der Waals surface area contributed by atoms with Crippen molar-refractivity contribution in [2.45, 2.75) is 12.3 Å². The highest BCUT2D eigenvalue weighted by Crippen LogP contribution is 2.50. The number of methoxy groups -OCH3 is 2. The number of benzene rings is 1. The van der Waals surface area contributed by atoms with E-state index in [-0.39, 0.29) is 24.5 Å². The van der Waals surface area contributed by atoms with Crippen LogP contribution in [0, 0.1) is 0 Å². The Morgan fingerprint density at radius 1 is 1.19 bits per heavy atom. The Hall–Kier alpha value is -1.36. The average molecular weight is 316 g/mol. The van der Waals surface area contributed by atoms with Crippen molar-refractivity contribution in [3.8, 4) is 5.75 Å². The van der Waals surface area contributed by atoms with Gasteiger partial charge in [0, 0.05) is 20.1 Å². The van der Waals surface area contributed by atoms with Gasteiger partial charge in [0.25, 0.3) is 0 Å². The molecule has 0 amide bonds. The van der Waals surface area contributed by atoms with Gasteiger partial charge in [-0.3, -0.25) is 9.36 Å². The van der Waals surface area contributed by atoms with Crippen LogP contribution in [-0.2, 0) is 23.1 Å². The number of ether oxygens (including phenoxy) is 2. The minimum Gasteiger partial charge on any atom is -0.497 e. The Bertz CT molecular complexity index is 508. The first kappa shape index (κ1) is 17.7. The average Bonchev–Trinajstić information content (AvgIpc) is 2.53. The third kappa shape index (κ3) is 5.16. The number of hydrogen-bond donors (Lipinski definition) is 0. The summed E-state index contributed by atoms with van der Waals surface area (Å²) in [6, 6.07) is 7.24. The van der Waals surface area contributed by atoms with E-state index in [4.69, 9.17) is 18.5 Å². The number of rotatable bonds is 8. The van der Waals surface area contributed by atoms with Gasteiger partial charge in [-0.15, -0.1) is 0 Å². The molecule has 6 nitrogen and oxygen atoms in total. The molecular weight excluding hydrogens is 295 g/mol. The van der Waals surface area contributed by atoms with Gasteiger partial charge in [0.15, 0.2) is 0 Å². The lowest BCUT2D eigenvalue weighted by Gasteiger charge is -2.21. The normalized spacial score (nSPS) is 12.8. The number of carbonyl (C=O) groups is 1. The van der Waals surface area contributed by atoms with E-state index in [2.05, 4.69) is 0 Å². The summed E-state index contributed by atoms with van der Waals surface area (Å²) < 4.78 is 32.1. The van der Waals surface area contributed by atoms with Gasteiger partial charge in [0.1, 0.15) is 5.75 Å². The zero-order valence-corrected chi connectivity index (χ0v) is 13.6. The standard InChI is InChI=1S/C14H21O6P/c1-17-13-7-5-6-11(8-13)12(9-14(15)18-2)10-21(16,19-3)20-4/h5-8,12H,9-10H2,1-4H3. The molecule has 0 saturated heterocycles. The second kappa shape index (κ2) is 8.17. The van der Waals surface area contributed by atoms with E-state index in [0.717, 1.165) is 5.56 Å². The van der Waals surface area contributed by atoms with Crippen molar-refractivity contribution in [2.75, 3.05) is 34.6 Å². The molecule has 0 aliphatic carbocycles. The van der Waals surface area contributed by atoms with Crippen LogP contribution in [0.2, 0.25) is 0 Å². The van der Waals surface area contributed by atoms with Crippen LogP contribution in [0.3, 0.4) is 0 Å². The predicted molar refractivity (Wildman–Crippen MR) is 78.9 cm³/mol. The fourth-order valence-electron chi connectivity index (χ4n) is 1.96. The van der Waals surface area contributed by atoms with Crippen LogP contribution in [0.4, 0.5) is 0 Å². The van der Waals surface area contributed by atoms with E-state index in [1.54, 1.807) is 19.2 Å². The molecule has 0 N–H and O–H groups in total. The Morgan fingerprint density at radius 3 is 2.38 bits per heavy atom. The van der Waals surface area contributed by atoms with E-state index < -0.39 is 7.60 Å². The molecule has 1 aromatic carbocycles. The van der Waals surface area contributed by atoms with Crippen LogP contribution in [0.1, 0.15) is 17.9 Å². The number of esters is 1. The third-order valence-corrected chi connectivity index (χ3v) is 5.21. The summed E-state index contributed by atoms with van der Waals surface area (Å²) in [5.74, 6) is -0.0770. The van der Waals surface area contributed by atoms with Crippen LogP contribution < -0.4 is 4.74 Å². The van der Waals surface area contributed by atoms with Crippen molar-refractivity contribution in [1.82, 2.24) is 0 Å². The molecule has 0 saturated carbocycles. The molecular formula is C14H21O6P. The maximum Gasteiger partial charge on any atom is 0.330 e. The van der Waals surface area contributed by atoms with Crippen molar-refractivity contribution in [2.24, 2.45) is 0 Å². The summed E-state index contributed by atoms with van der Waals surface area (Å²) >= 11 is 0.